The fourth-order valence-corrected chi connectivity index (χ4v) is 1.96. The molecular formula is C12H12F3NO. The van der Waals surface area contributed by atoms with Gasteiger partial charge in [0, 0.05) is 5.56 Å². The number of halogens is 3. The standard InChI is InChI=1S/C12H12F3NO/c13-12(14,15)9-4-1-3-8(7-9)11(17)10-5-2-6-16-10/h1,3-4,7,10,16H,2,5-6H2. The molecule has 0 spiro atoms. The lowest BCUT2D eigenvalue weighted by molar-refractivity contribution is -0.137. The highest BCUT2D eigenvalue weighted by atomic mass is 19.4. The highest BCUT2D eigenvalue weighted by Gasteiger charge is 2.31. The van der Waals surface area contributed by atoms with Gasteiger partial charge in [-0.25, -0.2) is 0 Å². The van der Waals surface area contributed by atoms with Crippen LogP contribution in [0.15, 0.2) is 24.3 Å². The summed E-state index contributed by atoms with van der Waals surface area (Å²) in [6.45, 7) is 0.745. The minimum Gasteiger partial charge on any atom is -0.307 e. The molecule has 1 fully saturated rings. The molecule has 1 N–H and O–H groups in total. The van der Waals surface area contributed by atoms with Crippen LogP contribution in [-0.2, 0) is 6.18 Å². The molecule has 1 heterocycles. The summed E-state index contributed by atoms with van der Waals surface area (Å²) in [4.78, 5) is 11.9. The first-order chi connectivity index (χ1) is 7.98. The van der Waals surface area contributed by atoms with Crippen LogP contribution in [0.1, 0.15) is 28.8 Å². The second-order valence-electron chi connectivity index (χ2n) is 4.09. The number of carbonyl (C=O) groups excluding carboxylic acids is 1. The number of alkyl halides is 3. The molecule has 1 aliphatic rings. The summed E-state index contributed by atoms with van der Waals surface area (Å²) in [5.74, 6) is -0.256. The van der Waals surface area contributed by atoms with E-state index in [1.165, 1.54) is 12.1 Å². The van der Waals surface area contributed by atoms with Gasteiger partial charge in [0.15, 0.2) is 5.78 Å². The number of hydrogen-bond donors (Lipinski definition) is 1. The Morgan fingerprint density at radius 1 is 1.35 bits per heavy atom. The summed E-state index contributed by atoms with van der Waals surface area (Å²) in [5, 5.41) is 2.98. The van der Waals surface area contributed by atoms with E-state index >= 15 is 0 Å². The van der Waals surface area contributed by atoms with E-state index < -0.39 is 11.7 Å². The maximum atomic E-state index is 12.5. The summed E-state index contributed by atoms with van der Waals surface area (Å²) in [5.41, 5.74) is -0.652. The fraction of sp³-hybridized carbons (Fsp3) is 0.417. The van der Waals surface area contributed by atoms with E-state index in [-0.39, 0.29) is 17.4 Å². The van der Waals surface area contributed by atoms with E-state index in [9.17, 15) is 18.0 Å². The Morgan fingerprint density at radius 3 is 2.71 bits per heavy atom. The van der Waals surface area contributed by atoms with Gasteiger partial charge in [-0.3, -0.25) is 4.79 Å². The van der Waals surface area contributed by atoms with Crippen molar-refractivity contribution in [2.75, 3.05) is 6.54 Å². The summed E-state index contributed by atoms with van der Waals surface area (Å²) in [6, 6.07) is 4.25. The zero-order chi connectivity index (χ0) is 12.5. The molecule has 2 nitrogen and oxygen atoms in total. The molecule has 0 bridgehead atoms. The first-order valence-electron chi connectivity index (χ1n) is 5.43. The van der Waals surface area contributed by atoms with Crippen molar-refractivity contribution in [3.8, 4) is 0 Å². The van der Waals surface area contributed by atoms with Crippen LogP contribution in [0.4, 0.5) is 13.2 Å². The van der Waals surface area contributed by atoms with Gasteiger partial charge in [0.25, 0.3) is 0 Å². The molecule has 1 atom stereocenters. The van der Waals surface area contributed by atoms with Crippen molar-refractivity contribution in [2.45, 2.75) is 25.1 Å². The Morgan fingerprint density at radius 2 is 2.12 bits per heavy atom. The third kappa shape index (κ3) is 2.66. The molecule has 0 saturated carbocycles. The van der Waals surface area contributed by atoms with Crippen LogP contribution in [0, 0.1) is 0 Å². The van der Waals surface area contributed by atoms with Crippen molar-refractivity contribution in [3.05, 3.63) is 35.4 Å². The van der Waals surface area contributed by atoms with Crippen LogP contribution in [0.2, 0.25) is 0 Å². The van der Waals surface area contributed by atoms with Gasteiger partial charge < -0.3 is 5.32 Å². The minimum atomic E-state index is -4.40. The van der Waals surface area contributed by atoms with Crippen LogP contribution in [0.25, 0.3) is 0 Å². The van der Waals surface area contributed by atoms with E-state index in [1.807, 2.05) is 0 Å². The smallest absolute Gasteiger partial charge is 0.307 e. The van der Waals surface area contributed by atoms with Crippen molar-refractivity contribution in [1.29, 1.82) is 0 Å². The average molecular weight is 243 g/mol. The third-order valence-corrected chi connectivity index (χ3v) is 2.85. The molecule has 0 amide bonds. The molecule has 2 rings (SSSR count). The Hall–Kier alpha value is -1.36. The van der Waals surface area contributed by atoms with Crippen LogP contribution in [0.5, 0.6) is 0 Å². The number of benzene rings is 1. The number of carbonyl (C=O) groups is 1. The molecule has 1 saturated heterocycles. The maximum absolute atomic E-state index is 12.5. The van der Waals surface area contributed by atoms with Gasteiger partial charge in [-0.15, -0.1) is 0 Å². The molecule has 1 aliphatic heterocycles. The normalized spacial score (nSPS) is 20.5. The van der Waals surface area contributed by atoms with E-state index in [0.717, 1.165) is 25.1 Å². The highest BCUT2D eigenvalue weighted by molar-refractivity contribution is 6.00. The predicted molar refractivity (Wildman–Crippen MR) is 56.8 cm³/mol. The Bertz CT molecular complexity index is 422. The molecule has 5 heteroatoms. The lowest BCUT2D eigenvalue weighted by atomic mass is 10.0. The highest BCUT2D eigenvalue weighted by Crippen LogP contribution is 2.30. The number of rotatable bonds is 2. The lowest BCUT2D eigenvalue weighted by Crippen LogP contribution is -2.30. The lowest BCUT2D eigenvalue weighted by Gasteiger charge is -2.11. The van der Waals surface area contributed by atoms with Gasteiger partial charge in [-0.05, 0) is 31.5 Å². The van der Waals surface area contributed by atoms with Crippen molar-refractivity contribution in [3.63, 3.8) is 0 Å². The minimum absolute atomic E-state index is 0.124. The first kappa shape index (κ1) is 12.1. The quantitative estimate of drug-likeness (QED) is 0.809. The second kappa shape index (κ2) is 4.49. The predicted octanol–water partition coefficient (Wildman–Crippen LogP) is 2.64. The Balaban J connectivity index is 2.24. The third-order valence-electron chi connectivity index (χ3n) is 2.85. The second-order valence-corrected chi connectivity index (χ2v) is 4.09. The summed E-state index contributed by atoms with van der Waals surface area (Å²) >= 11 is 0. The molecule has 1 aromatic carbocycles. The van der Waals surface area contributed by atoms with Gasteiger partial charge >= 0.3 is 6.18 Å². The van der Waals surface area contributed by atoms with E-state index in [0.29, 0.717) is 6.42 Å². The summed E-state index contributed by atoms with van der Waals surface area (Å²) < 4.78 is 37.4. The van der Waals surface area contributed by atoms with Crippen molar-refractivity contribution in [2.24, 2.45) is 0 Å². The molecule has 17 heavy (non-hydrogen) atoms. The Labute approximate surface area is 96.8 Å². The number of nitrogens with one attached hydrogen (secondary N) is 1. The van der Waals surface area contributed by atoms with Crippen molar-refractivity contribution < 1.29 is 18.0 Å². The van der Waals surface area contributed by atoms with Gasteiger partial charge in [0.2, 0.25) is 0 Å². The molecular weight excluding hydrogens is 231 g/mol. The summed E-state index contributed by atoms with van der Waals surface area (Å²) in [6.07, 6.45) is -2.83. The molecule has 0 radical (unpaired) electrons. The number of Topliss-reactive ketones (excluding diaryl/α,β-unsaturated/α-hetero) is 1. The van der Waals surface area contributed by atoms with Gasteiger partial charge in [0.05, 0.1) is 11.6 Å². The molecule has 0 aliphatic carbocycles. The summed E-state index contributed by atoms with van der Waals surface area (Å²) in [7, 11) is 0. The van der Waals surface area contributed by atoms with Crippen LogP contribution < -0.4 is 5.32 Å². The zero-order valence-electron chi connectivity index (χ0n) is 9.05. The van der Waals surface area contributed by atoms with Crippen LogP contribution in [0.3, 0.4) is 0 Å². The molecule has 92 valence electrons. The van der Waals surface area contributed by atoms with Crippen molar-refractivity contribution in [1.82, 2.24) is 5.32 Å². The first-order valence-corrected chi connectivity index (χ1v) is 5.43. The van der Waals surface area contributed by atoms with Crippen LogP contribution >= 0.6 is 0 Å². The Kier molecular flexibility index (Phi) is 3.19. The SMILES string of the molecule is O=C(c1cccc(C(F)(F)F)c1)C1CCCN1. The monoisotopic (exact) mass is 243 g/mol. The average Bonchev–Trinajstić information content (AvgIpc) is 2.80. The van der Waals surface area contributed by atoms with E-state index in [4.69, 9.17) is 0 Å². The van der Waals surface area contributed by atoms with E-state index in [2.05, 4.69) is 5.32 Å². The van der Waals surface area contributed by atoms with Gasteiger partial charge in [-0.1, -0.05) is 12.1 Å². The van der Waals surface area contributed by atoms with Gasteiger partial charge in [-0.2, -0.15) is 13.2 Å². The number of hydrogen-bond acceptors (Lipinski definition) is 2. The fourth-order valence-electron chi connectivity index (χ4n) is 1.96. The van der Waals surface area contributed by atoms with Crippen molar-refractivity contribution >= 4 is 5.78 Å². The zero-order valence-corrected chi connectivity index (χ0v) is 9.05. The molecule has 1 aromatic rings. The van der Waals surface area contributed by atoms with Gasteiger partial charge in [0.1, 0.15) is 0 Å². The molecule has 0 aromatic heterocycles. The topological polar surface area (TPSA) is 29.1 Å². The number of ketones is 1. The van der Waals surface area contributed by atoms with E-state index in [1.54, 1.807) is 0 Å². The maximum Gasteiger partial charge on any atom is 0.416 e. The molecule has 1 unspecified atom stereocenters. The van der Waals surface area contributed by atoms with Crippen LogP contribution in [-0.4, -0.2) is 18.4 Å². The largest absolute Gasteiger partial charge is 0.416 e.